The maximum Gasteiger partial charge on any atom is 0.225 e. The number of hydrogen-bond acceptors (Lipinski definition) is 3. The molecule has 1 aromatic rings. The summed E-state index contributed by atoms with van der Waals surface area (Å²) in [6.07, 6.45) is 3.36. The summed E-state index contributed by atoms with van der Waals surface area (Å²) in [7, 11) is 1.81. The van der Waals surface area contributed by atoms with Gasteiger partial charge in [0.2, 0.25) is 5.91 Å². The van der Waals surface area contributed by atoms with E-state index in [1.807, 2.05) is 7.05 Å². The molecule has 90 valence electrons. The Morgan fingerprint density at radius 2 is 2.56 bits per heavy atom. The molecule has 0 saturated carbocycles. The second-order valence-electron chi connectivity index (χ2n) is 3.95. The summed E-state index contributed by atoms with van der Waals surface area (Å²) in [5.41, 5.74) is 0. The van der Waals surface area contributed by atoms with E-state index in [0.29, 0.717) is 12.3 Å². The first-order valence-corrected chi connectivity index (χ1v) is 5.24. The fourth-order valence-electron chi connectivity index (χ4n) is 1.84. The van der Waals surface area contributed by atoms with Crippen LogP contribution in [0.4, 0.5) is 5.82 Å². The molecule has 1 amide bonds. The van der Waals surface area contributed by atoms with Gasteiger partial charge in [0.15, 0.2) is 0 Å². The molecule has 0 spiro atoms. The van der Waals surface area contributed by atoms with E-state index in [-0.39, 0.29) is 18.3 Å². The fourth-order valence-corrected chi connectivity index (χ4v) is 1.84. The summed E-state index contributed by atoms with van der Waals surface area (Å²) in [5.74, 6) is 1.32. The molecule has 2 rings (SSSR count). The van der Waals surface area contributed by atoms with Gasteiger partial charge >= 0.3 is 0 Å². The van der Waals surface area contributed by atoms with Crippen LogP contribution in [0.25, 0.3) is 0 Å². The maximum atomic E-state index is 11.6. The van der Waals surface area contributed by atoms with Crippen LogP contribution in [0.3, 0.4) is 0 Å². The molecule has 2 N–H and O–H groups in total. The molecule has 1 atom stereocenters. The van der Waals surface area contributed by atoms with Crippen LogP contribution in [-0.2, 0) is 11.8 Å². The van der Waals surface area contributed by atoms with Crippen LogP contribution in [0.2, 0.25) is 0 Å². The number of rotatable bonds is 3. The van der Waals surface area contributed by atoms with Gasteiger partial charge in [0.05, 0.1) is 6.20 Å². The van der Waals surface area contributed by atoms with Crippen LogP contribution in [-0.4, -0.2) is 28.8 Å². The standard InChI is InChI=1S/C10H16N4O.ClH/c1-14-9(3-5-12-14)13-10(15)6-8-2-4-11-7-8;/h3,5,8,11H,2,4,6-7H2,1H3,(H,13,15);1H. The molecule has 16 heavy (non-hydrogen) atoms. The Labute approximate surface area is 101 Å². The topological polar surface area (TPSA) is 59.0 Å². The molecule has 1 unspecified atom stereocenters. The molecule has 0 aliphatic carbocycles. The van der Waals surface area contributed by atoms with E-state index in [4.69, 9.17) is 0 Å². The smallest absolute Gasteiger partial charge is 0.225 e. The van der Waals surface area contributed by atoms with Crippen molar-refractivity contribution in [2.24, 2.45) is 13.0 Å². The number of aromatic nitrogens is 2. The van der Waals surface area contributed by atoms with Gasteiger partial charge in [-0.1, -0.05) is 0 Å². The molecular formula is C10H17ClN4O. The van der Waals surface area contributed by atoms with E-state index in [9.17, 15) is 4.79 Å². The second kappa shape index (κ2) is 5.86. The van der Waals surface area contributed by atoms with E-state index in [0.717, 1.165) is 25.3 Å². The molecule has 1 aliphatic rings. The first-order chi connectivity index (χ1) is 7.25. The van der Waals surface area contributed by atoms with Gasteiger partial charge in [-0.2, -0.15) is 5.10 Å². The molecule has 5 nitrogen and oxygen atoms in total. The molecule has 0 aromatic carbocycles. The number of nitrogens with zero attached hydrogens (tertiary/aromatic N) is 2. The molecule has 6 heteroatoms. The highest BCUT2D eigenvalue weighted by molar-refractivity contribution is 5.89. The van der Waals surface area contributed by atoms with Gasteiger partial charge in [-0.05, 0) is 25.4 Å². The van der Waals surface area contributed by atoms with Crippen molar-refractivity contribution in [3.63, 3.8) is 0 Å². The Bertz CT molecular complexity index is 346. The monoisotopic (exact) mass is 244 g/mol. The highest BCUT2D eigenvalue weighted by Crippen LogP contribution is 2.13. The molecule has 0 radical (unpaired) electrons. The second-order valence-corrected chi connectivity index (χ2v) is 3.95. The number of halogens is 1. The van der Waals surface area contributed by atoms with Crippen molar-refractivity contribution in [1.29, 1.82) is 0 Å². The van der Waals surface area contributed by atoms with Gasteiger partial charge < -0.3 is 10.6 Å². The molecular weight excluding hydrogens is 228 g/mol. The number of carbonyl (C=O) groups excluding carboxylic acids is 1. The first kappa shape index (κ1) is 13.0. The van der Waals surface area contributed by atoms with Crippen LogP contribution >= 0.6 is 12.4 Å². The third-order valence-corrected chi connectivity index (χ3v) is 2.72. The minimum absolute atomic E-state index is 0. The Morgan fingerprint density at radius 3 is 3.12 bits per heavy atom. The number of anilines is 1. The van der Waals surface area contributed by atoms with Gasteiger partial charge in [0.25, 0.3) is 0 Å². The van der Waals surface area contributed by atoms with Crippen LogP contribution in [0.15, 0.2) is 12.3 Å². The van der Waals surface area contributed by atoms with Crippen molar-refractivity contribution < 1.29 is 4.79 Å². The quantitative estimate of drug-likeness (QED) is 0.826. The van der Waals surface area contributed by atoms with Crippen molar-refractivity contribution >= 4 is 24.1 Å². The zero-order valence-electron chi connectivity index (χ0n) is 9.27. The zero-order chi connectivity index (χ0) is 10.7. The third kappa shape index (κ3) is 3.21. The fraction of sp³-hybridized carbons (Fsp3) is 0.600. The summed E-state index contributed by atoms with van der Waals surface area (Å²) < 4.78 is 1.66. The average molecular weight is 245 g/mol. The van der Waals surface area contributed by atoms with Crippen molar-refractivity contribution in [3.05, 3.63) is 12.3 Å². The summed E-state index contributed by atoms with van der Waals surface area (Å²) in [5, 5.41) is 10.1. The Hall–Kier alpha value is -1.07. The minimum Gasteiger partial charge on any atom is -0.316 e. The summed E-state index contributed by atoms with van der Waals surface area (Å²) >= 11 is 0. The average Bonchev–Trinajstić information content (AvgIpc) is 2.79. The molecule has 1 aromatic heterocycles. The molecule has 0 bridgehead atoms. The van der Waals surface area contributed by atoms with Crippen molar-refractivity contribution in [1.82, 2.24) is 15.1 Å². The number of aryl methyl sites for hydroxylation is 1. The van der Waals surface area contributed by atoms with Crippen molar-refractivity contribution in [2.75, 3.05) is 18.4 Å². The van der Waals surface area contributed by atoms with Crippen molar-refractivity contribution in [2.45, 2.75) is 12.8 Å². The number of nitrogens with one attached hydrogen (secondary N) is 2. The van der Waals surface area contributed by atoms with Crippen molar-refractivity contribution in [3.8, 4) is 0 Å². The van der Waals surface area contributed by atoms with E-state index in [1.165, 1.54) is 0 Å². The van der Waals surface area contributed by atoms with Crippen LogP contribution in [0.5, 0.6) is 0 Å². The van der Waals surface area contributed by atoms with Gasteiger partial charge in [0.1, 0.15) is 5.82 Å². The number of hydrogen-bond donors (Lipinski definition) is 2. The largest absolute Gasteiger partial charge is 0.316 e. The number of carbonyl (C=O) groups is 1. The Balaban J connectivity index is 0.00000128. The van der Waals surface area contributed by atoms with Crippen LogP contribution in [0.1, 0.15) is 12.8 Å². The van der Waals surface area contributed by atoms with E-state index in [2.05, 4.69) is 15.7 Å². The summed E-state index contributed by atoms with van der Waals surface area (Å²) in [4.78, 5) is 11.6. The summed E-state index contributed by atoms with van der Waals surface area (Å²) in [6, 6.07) is 1.80. The van der Waals surface area contributed by atoms with Crippen LogP contribution in [0, 0.1) is 5.92 Å². The molecule has 1 fully saturated rings. The van der Waals surface area contributed by atoms with E-state index >= 15 is 0 Å². The Kier molecular flexibility index (Phi) is 4.76. The third-order valence-electron chi connectivity index (χ3n) is 2.72. The van der Waals surface area contributed by atoms with Gasteiger partial charge in [-0.25, -0.2) is 0 Å². The Morgan fingerprint density at radius 1 is 1.75 bits per heavy atom. The van der Waals surface area contributed by atoms with Crippen LogP contribution < -0.4 is 10.6 Å². The highest BCUT2D eigenvalue weighted by Gasteiger charge is 2.18. The van der Waals surface area contributed by atoms with Gasteiger partial charge in [-0.3, -0.25) is 9.48 Å². The predicted octanol–water partition coefficient (Wildman–Crippen LogP) is 0.780. The van der Waals surface area contributed by atoms with E-state index < -0.39 is 0 Å². The lowest BCUT2D eigenvalue weighted by Gasteiger charge is -2.08. The highest BCUT2D eigenvalue weighted by atomic mass is 35.5. The summed E-state index contributed by atoms with van der Waals surface area (Å²) in [6.45, 7) is 1.99. The predicted molar refractivity (Wildman–Crippen MR) is 64.7 cm³/mol. The zero-order valence-corrected chi connectivity index (χ0v) is 10.1. The van der Waals surface area contributed by atoms with Gasteiger partial charge in [0, 0.05) is 19.5 Å². The lowest BCUT2D eigenvalue weighted by Crippen LogP contribution is -2.19. The molecule has 1 aliphatic heterocycles. The molecule has 1 saturated heterocycles. The lowest BCUT2D eigenvalue weighted by atomic mass is 10.0. The maximum absolute atomic E-state index is 11.6. The lowest BCUT2D eigenvalue weighted by molar-refractivity contribution is -0.117. The normalized spacial score (nSPS) is 19.2. The SMILES string of the molecule is Cl.Cn1nccc1NC(=O)CC1CCNC1. The first-order valence-electron chi connectivity index (χ1n) is 5.24. The minimum atomic E-state index is 0. The molecule has 2 heterocycles. The number of amides is 1. The van der Waals surface area contributed by atoms with E-state index in [1.54, 1.807) is 16.9 Å². The van der Waals surface area contributed by atoms with Gasteiger partial charge in [-0.15, -0.1) is 12.4 Å².